The summed E-state index contributed by atoms with van der Waals surface area (Å²) in [5.41, 5.74) is -0.0312. The zero-order valence-corrected chi connectivity index (χ0v) is 9.27. The van der Waals surface area contributed by atoms with Gasteiger partial charge in [-0.05, 0) is 18.8 Å². The molecule has 1 aromatic heterocycles. The van der Waals surface area contributed by atoms with Gasteiger partial charge in [-0.15, -0.1) is 0 Å². The van der Waals surface area contributed by atoms with Crippen LogP contribution in [0.2, 0.25) is 0 Å². The number of carboxylic acid groups (broad SMARTS) is 1. The van der Waals surface area contributed by atoms with E-state index >= 15 is 0 Å². The largest absolute Gasteiger partial charge is 0.476 e. The van der Waals surface area contributed by atoms with E-state index in [0.29, 0.717) is 24.3 Å². The normalized spacial score (nSPS) is 24.8. The van der Waals surface area contributed by atoms with Crippen molar-refractivity contribution in [3.63, 3.8) is 0 Å². The fourth-order valence-corrected chi connectivity index (χ4v) is 2.18. The van der Waals surface area contributed by atoms with Crippen LogP contribution in [0.15, 0.2) is 10.6 Å². The molecule has 16 heavy (non-hydrogen) atoms. The molecule has 0 bridgehead atoms. The summed E-state index contributed by atoms with van der Waals surface area (Å²) >= 11 is 0. The lowest BCUT2D eigenvalue weighted by Crippen LogP contribution is -2.30. The van der Waals surface area contributed by atoms with Gasteiger partial charge in [0.05, 0.1) is 6.54 Å². The highest BCUT2D eigenvalue weighted by Crippen LogP contribution is 2.25. The van der Waals surface area contributed by atoms with E-state index in [1.165, 1.54) is 25.3 Å². The second-order valence-electron chi connectivity index (χ2n) is 4.38. The quantitative estimate of drug-likeness (QED) is 0.813. The van der Waals surface area contributed by atoms with Crippen LogP contribution in [0, 0.1) is 5.92 Å². The Kier molecular flexibility index (Phi) is 3.24. The summed E-state index contributed by atoms with van der Waals surface area (Å²) in [6, 6.07) is 1.98. The highest BCUT2D eigenvalue weighted by atomic mass is 16.5. The summed E-state index contributed by atoms with van der Waals surface area (Å²) in [6.07, 6.45) is 3.70. The molecule has 0 aliphatic heterocycles. The zero-order valence-electron chi connectivity index (χ0n) is 9.27. The first-order valence-electron chi connectivity index (χ1n) is 5.59. The van der Waals surface area contributed by atoms with Crippen LogP contribution < -0.4 is 5.32 Å². The summed E-state index contributed by atoms with van der Waals surface area (Å²) in [5.74, 6) is 0.211. The van der Waals surface area contributed by atoms with Gasteiger partial charge in [-0.3, -0.25) is 0 Å². The van der Waals surface area contributed by atoms with E-state index in [2.05, 4.69) is 17.4 Å². The number of carbonyl (C=O) groups is 1. The Balaban J connectivity index is 1.87. The first kappa shape index (κ1) is 11.1. The molecule has 2 N–H and O–H groups in total. The van der Waals surface area contributed by atoms with Crippen LogP contribution in [0.1, 0.15) is 42.4 Å². The molecule has 2 unspecified atom stereocenters. The maximum absolute atomic E-state index is 10.6. The third kappa shape index (κ3) is 2.41. The molecule has 0 aromatic carbocycles. The smallest absolute Gasteiger partial charge is 0.358 e. The van der Waals surface area contributed by atoms with Gasteiger partial charge in [-0.25, -0.2) is 4.79 Å². The minimum Gasteiger partial charge on any atom is -0.476 e. The number of hydrogen-bond donors (Lipinski definition) is 2. The van der Waals surface area contributed by atoms with E-state index in [4.69, 9.17) is 9.63 Å². The fourth-order valence-electron chi connectivity index (χ4n) is 2.18. The molecule has 5 nitrogen and oxygen atoms in total. The van der Waals surface area contributed by atoms with Crippen molar-refractivity contribution < 1.29 is 14.4 Å². The molecular formula is C11H16N2O3. The maximum Gasteiger partial charge on any atom is 0.358 e. The Morgan fingerprint density at radius 1 is 1.69 bits per heavy atom. The first-order chi connectivity index (χ1) is 7.66. The lowest BCUT2D eigenvalue weighted by atomic mass is 10.1. The lowest BCUT2D eigenvalue weighted by molar-refractivity contribution is 0.0685. The van der Waals surface area contributed by atoms with Gasteiger partial charge in [0.25, 0.3) is 0 Å². The van der Waals surface area contributed by atoms with Gasteiger partial charge in [0.1, 0.15) is 0 Å². The number of nitrogens with zero attached hydrogens (tertiary/aromatic N) is 1. The number of rotatable bonds is 4. The van der Waals surface area contributed by atoms with Gasteiger partial charge in [0.2, 0.25) is 0 Å². The van der Waals surface area contributed by atoms with Crippen molar-refractivity contribution in [3.05, 3.63) is 17.5 Å². The van der Waals surface area contributed by atoms with Crippen LogP contribution in [0.4, 0.5) is 0 Å². The second kappa shape index (κ2) is 4.65. The first-order valence-corrected chi connectivity index (χ1v) is 5.59. The molecule has 2 atom stereocenters. The Bertz CT molecular complexity index is 375. The predicted molar refractivity (Wildman–Crippen MR) is 57.1 cm³/mol. The predicted octanol–water partition coefficient (Wildman–Crippen LogP) is 1.65. The van der Waals surface area contributed by atoms with Crippen molar-refractivity contribution in [2.75, 3.05) is 0 Å². The van der Waals surface area contributed by atoms with Gasteiger partial charge in [0, 0.05) is 12.1 Å². The Morgan fingerprint density at radius 2 is 2.50 bits per heavy atom. The monoisotopic (exact) mass is 224 g/mol. The number of carboxylic acids is 1. The standard InChI is InChI=1S/C11H16N2O3/c1-7-3-2-4-9(7)12-6-8-5-10(11(14)15)13-16-8/h5,7,9,12H,2-4,6H2,1H3,(H,14,15). The number of hydrogen-bond acceptors (Lipinski definition) is 4. The van der Waals surface area contributed by atoms with Crippen LogP contribution in [0.25, 0.3) is 0 Å². The summed E-state index contributed by atoms with van der Waals surface area (Å²) in [6.45, 7) is 2.78. The highest BCUT2D eigenvalue weighted by Gasteiger charge is 2.23. The minimum absolute atomic E-state index is 0.0312. The zero-order chi connectivity index (χ0) is 11.5. The molecule has 2 rings (SSSR count). The van der Waals surface area contributed by atoms with Crippen LogP contribution in [-0.2, 0) is 6.54 Å². The van der Waals surface area contributed by atoms with Gasteiger partial charge in [0.15, 0.2) is 11.5 Å². The van der Waals surface area contributed by atoms with Crippen molar-refractivity contribution in [2.24, 2.45) is 5.92 Å². The fraction of sp³-hybridized carbons (Fsp3) is 0.636. The van der Waals surface area contributed by atoms with Crippen molar-refractivity contribution in [1.29, 1.82) is 0 Å². The minimum atomic E-state index is -1.05. The second-order valence-corrected chi connectivity index (χ2v) is 4.38. The molecule has 1 aliphatic carbocycles. The van der Waals surface area contributed by atoms with Crippen LogP contribution in [0.3, 0.4) is 0 Å². The molecule has 1 saturated carbocycles. The molecule has 1 fully saturated rings. The third-order valence-electron chi connectivity index (χ3n) is 3.18. The molecule has 1 aromatic rings. The molecule has 1 heterocycles. The molecule has 5 heteroatoms. The molecule has 0 saturated heterocycles. The number of aromatic nitrogens is 1. The molecule has 1 aliphatic rings. The average Bonchev–Trinajstić information content (AvgIpc) is 2.83. The Labute approximate surface area is 93.8 Å². The SMILES string of the molecule is CC1CCCC1NCc1cc(C(=O)O)no1. The third-order valence-corrected chi connectivity index (χ3v) is 3.18. The average molecular weight is 224 g/mol. The van der Waals surface area contributed by atoms with Gasteiger partial charge in [-0.2, -0.15) is 0 Å². The highest BCUT2D eigenvalue weighted by molar-refractivity contribution is 5.85. The summed E-state index contributed by atoms with van der Waals surface area (Å²) < 4.78 is 4.93. The Morgan fingerprint density at radius 3 is 3.06 bits per heavy atom. The van der Waals surface area contributed by atoms with Crippen LogP contribution >= 0.6 is 0 Å². The summed E-state index contributed by atoms with van der Waals surface area (Å²) in [5, 5.41) is 15.5. The molecule has 0 spiro atoms. The number of aromatic carboxylic acids is 1. The van der Waals surface area contributed by atoms with E-state index < -0.39 is 5.97 Å². The molecule has 0 radical (unpaired) electrons. The van der Waals surface area contributed by atoms with E-state index in [1.807, 2.05) is 0 Å². The topological polar surface area (TPSA) is 75.4 Å². The van der Waals surface area contributed by atoms with Gasteiger partial charge >= 0.3 is 5.97 Å². The van der Waals surface area contributed by atoms with E-state index in [1.54, 1.807) is 0 Å². The summed E-state index contributed by atoms with van der Waals surface area (Å²) in [4.78, 5) is 10.6. The summed E-state index contributed by atoms with van der Waals surface area (Å²) in [7, 11) is 0. The van der Waals surface area contributed by atoms with Gasteiger partial charge in [-0.1, -0.05) is 18.5 Å². The van der Waals surface area contributed by atoms with Crippen LogP contribution in [0.5, 0.6) is 0 Å². The van der Waals surface area contributed by atoms with Crippen molar-refractivity contribution >= 4 is 5.97 Å². The maximum atomic E-state index is 10.6. The van der Waals surface area contributed by atoms with Crippen LogP contribution in [-0.4, -0.2) is 22.3 Å². The van der Waals surface area contributed by atoms with Crippen molar-refractivity contribution in [2.45, 2.75) is 38.8 Å². The Hall–Kier alpha value is -1.36. The van der Waals surface area contributed by atoms with E-state index in [9.17, 15) is 4.79 Å². The van der Waals surface area contributed by atoms with Crippen molar-refractivity contribution in [3.8, 4) is 0 Å². The van der Waals surface area contributed by atoms with Gasteiger partial charge < -0.3 is 14.9 Å². The number of nitrogens with one attached hydrogen (secondary N) is 1. The van der Waals surface area contributed by atoms with E-state index in [-0.39, 0.29) is 5.69 Å². The molecule has 88 valence electrons. The molecule has 0 amide bonds. The lowest BCUT2D eigenvalue weighted by Gasteiger charge is -2.15. The van der Waals surface area contributed by atoms with E-state index in [0.717, 1.165) is 0 Å². The van der Waals surface area contributed by atoms with Crippen molar-refractivity contribution in [1.82, 2.24) is 10.5 Å². The molecular weight excluding hydrogens is 208 g/mol.